The summed E-state index contributed by atoms with van der Waals surface area (Å²) in [6.07, 6.45) is 0. The summed E-state index contributed by atoms with van der Waals surface area (Å²) in [5, 5.41) is 3.17. The summed E-state index contributed by atoms with van der Waals surface area (Å²) < 4.78 is 18.4. The molecule has 0 fully saturated rings. The van der Waals surface area contributed by atoms with Crippen LogP contribution in [0.15, 0.2) is 18.2 Å². The second-order valence-corrected chi connectivity index (χ2v) is 4.16. The van der Waals surface area contributed by atoms with Gasteiger partial charge >= 0.3 is 0 Å². The fourth-order valence-electron chi connectivity index (χ4n) is 1.31. The van der Waals surface area contributed by atoms with Crippen molar-refractivity contribution in [2.24, 2.45) is 5.92 Å². The van der Waals surface area contributed by atoms with Gasteiger partial charge in [-0.25, -0.2) is 4.39 Å². The summed E-state index contributed by atoms with van der Waals surface area (Å²) >= 11 is 5.67. The molecular formula is C12H17ClFNO. The molecule has 1 atom stereocenters. The number of hydrogen-bond acceptors (Lipinski definition) is 2. The fourth-order valence-corrected chi connectivity index (χ4v) is 1.42. The van der Waals surface area contributed by atoms with Gasteiger partial charge in [-0.3, -0.25) is 0 Å². The Labute approximate surface area is 101 Å². The van der Waals surface area contributed by atoms with E-state index in [0.29, 0.717) is 29.7 Å². The molecule has 90 valence electrons. The molecule has 0 heterocycles. The Hall–Kier alpha value is -0.800. The lowest BCUT2D eigenvalue weighted by molar-refractivity contribution is 0.410. The summed E-state index contributed by atoms with van der Waals surface area (Å²) in [5.74, 6) is 1.29. The monoisotopic (exact) mass is 245 g/mol. The van der Waals surface area contributed by atoms with Crippen LogP contribution in [-0.4, -0.2) is 19.5 Å². The maximum Gasteiger partial charge on any atom is 0.131 e. The standard InChI is InChI=1S/C12H17ClFNO/c1-9(6-13)7-15-8-10-3-4-11(16-2)5-12(10)14/h3-5,9,15H,6-8H2,1-2H3. The fraction of sp³-hybridized carbons (Fsp3) is 0.500. The first-order valence-corrected chi connectivity index (χ1v) is 5.80. The van der Waals surface area contributed by atoms with Crippen LogP contribution in [0, 0.1) is 11.7 Å². The Balaban J connectivity index is 2.48. The Bertz CT molecular complexity index is 333. The van der Waals surface area contributed by atoms with E-state index >= 15 is 0 Å². The maximum absolute atomic E-state index is 13.5. The van der Waals surface area contributed by atoms with Gasteiger partial charge in [0.1, 0.15) is 11.6 Å². The Morgan fingerprint density at radius 3 is 2.81 bits per heavy atom. The average Bonchev–Trinajstić information content (AvgIpc) is 2.30. The number of benzene rings is 1. The molecule has 1 aromatic rings. The lowest BCUT2D eigenvalue weighted by Gasteiger charge is -2.10. The smallest absolute Gasteiger partial charge is 0.131 e. The van der Waals surface area contributed by atoms with Gasteiger partial charge in [0.05, 0.1) is 7.11 Å². The van der Waals surface area contributed by atoms with E-state index in [2.05, 4.69) is 5.32 Å². The van der Waals surface area contributed by atoms with Gasteiger partial charge < -0.3 is 10.1 Å². The molecule has 1 rings (SSSR count). The molecule has 0 bridgehead atoms. The van der Waals surface area contributed by atoms with Crippen LogP contribution in [-0.2, 0) is 6.54 Å². The minimum atomic E-state index is -0.245. The molecule has 2 nitrogen and oxygen atoms in total. The summed E-state index contributed by atoms with van der Waals surface area (Å²) in [4.78, 5) is 0. The zero-order valence-corrected chi connectivity index (χ0v) is 10.4. The maximum atomic E-state index is 13.5. The van der Waals surface area contributed by atoms with Crippen molar-refractivity contribution in [1.82, 2.24) is 5.32 Å². The first-order chi connectivity index (χ1) is 7.67. The summed E-state index contributed by atoms with van der Waals surface area (Å²) in [6, 6.07) is 4.87. The van der Waals surface area contributed by atoms with E-state index < -0.39 is 0 Å². The molecule has 0 aliphatic heterocycles. The molecule has 0 aliphatic carbocycles. The Morgan fingerprint density at radius 1 is 1.50 bits per heavy atom. The highest BCUT2D eigenvalue weighted by Crippen LogP contribution is 2.15. The van der Waals surface area contributed by atoms with Crippen molar-refractivity contribution >= 4 is 11.6 Å². The summed E-state index contributed by atoms with van der Waals surface area (Å²) in [6.45, 7) is 3.34. The molecular weight excluding hydrogens is 229 g/mol. The van der Waals surface area contributed by atoms with Crippen LogP contribution >= 0.6 is 11.6 Å². The number of ether oxygens (including phenoxy) is 1. The zero-order chi connectivity index (χ0) is 12.0. The van der Waals surface area contributed by atoms with Crippen LogP contribution in [0.3, 0.4) is 0 Å². The molecule has 1 unspecified atom stereocenters. The zero-order valence-electron chi connectivity index (χ0n) is 9.59. The van der Waals surface area contributed by atoms with Gasteiger partial charge in [-0.1, -0.05) is 13.0 Å². The van der Waals surface area contributed by atoms with E-state index in [0.717, 1.165) is 6.54 Å². The molecule has 4 heteroatoms. The topological polar surface area (TPSA) is 21.3 Å². The van der Waals surface area contributed by atoms with Gasteiger partial charge in [0.25, 0.3) is 0 Å². The first-order valence-electron chi connectivity index (χ1n) is 5.26. The minimum absolute atomic E-state index is 0.245. The first kappa shape index (κ1) is 13.3. The Morgan fingerprint density at radius 2 is 2.25 bits per heavy atom. The SMILES string of the molecule is COc1ccc(CNCC(C)CCl)c(F)c1. The van der Waals surface area contributed by atoms with Gasteiger partial charge in [-0.2, -0.15) is 0 Å². The lowest BCUT2D eigenvalue weighted by Crippen LogP contribution is -2.22. The third kappa shape index (κ3) is 3.99. The molecule has 0 saturated heterocycles. The third-order valence-electron chi connectivity index (χ3n) is 2.33. The molecule has 0 aromatic heterocycles. The van der Waals surface area contributed by atoms with Crippen LogP contribution in [0.4, 0.5) is 4.39 Å². The van der Waals surface area contributed by atoms with Crippen molar-refractivity contribution in [3.63, 3.8) is 0 Å². The molecule has 16 heavy (non-hydrogen) atoms. The van der Waals surface area contributed by atoms with Crippen molar-refractivity contribution in [3.8, 4) is 5.75 Å². The highest BCUT2D eigenvalue weighted by atomic mass is 35.5. The van der Waals surface area contributed by atoms with E-state index in [4.69, 9.17) is 16.3 Å². The second kappa shape index (κ2) is 6.71. The predicted octanol–water partition coefficient (Wildman–Crippen LogP) is 2.80. The number of alkyl halides is 1. The van der Waals surface area contributed by atoms with Gasteiger partial charge in [-0.05, 0) is 18.5 Å². The van der Waals surface area contributed by atoms with Gasteiger partial charge in [0.15, 0.2) is 0 Å². The molecule has 0 saturated carbocycles. The largest absolute Gasteiger partial charge is 0.497 e. The molecule has 0 spiro atoms. The average molecular weight is 246 g/mol. The minimum Gasteiger partial charge on any atom is -0.497 e. The van der Waals surface area contributed by atoms with Gasteiger partial charge in [0, 0.05) is 24.1 Å². The van der Waals surface area contributed by atoms with Crippen LogP contribution in [0.1, 0.15) is 12.5 Å². The number of hydrogen-bond donors (Lipinski definition) is 1. The van der Waals surface area contributed by atoms with Crippen molar-refractivity contribution in [2.75, 3.05) is 19.5 Å². The number of nitrogens with one attached hydrogen (secondary N) is 1. The predicted molar refractivity (Wildman–Crippen MR) is 64.5 cm³/mol. The Kier molecular flexibility index (Phi) is 5.56. The van der Waals surface area contributed by atoms with Gasteiger partial charge in [0.2, 0.25) is 0 Å². The lowest BCUT2D eigenvalue weighted by atomic mass is 10.2. The van der Waals surface area contributed by atoms with Crippen molar-refractivity contribution in [2.45, 2.75) is 13.5 Å². The number of halogens is 2. The van der Waals surface area contributed by atoms with Crippen LogP contribution < -0.4 is 10.1 Å². The normalized spacial score (nSPS) is 12.5. The highest BCUT2D eigenvalue weighted by Gasteiger charge is 2.04. The second-order valence-electron chi connectivity index (χ2n) is 3.85. The number of methoxy groups -OCH3 is 1. The van der Waals surface area contributed by atoms with Crippen LogP contribution in [0.5, 0.6) is 5.75 Å². The van der Waals surface area contributed by atoms with E-state index in [9.17, 15) is 4.39 Å². The molecule has 0 amide bonds. The molecule has 1 aromatic carbocycles. The van der Waals surface area contributed by atoms with E-state index in [1.165, 1.54) is 13.2 Å². The number of rotatable bonds is 6. The summed E-state index contributed by atoms with van der Waals surface area (Å²) in [5.41, 5.74) is 0.641. The van der Waals surface area contributed by atoms with E-state index in [-0.39, 0.29) is 5.82 Å². The molecule has 0 radical (unpaired) electrons. The van der Waals surface area contributed by atoms with Crippen molar-refractivity contribution < 1.29 is 9.13 Å². The van der Waals surface area contributed by atoms with Crippen molar-refractivity contribution in [1.29, 1.82) is 0 Å². The summed E-state index contributed by atoms with van der Waals surface area (Å²) in [7, 11) is 1.52. The van der Waals surface area contributed by atoms with Gasteiger partial charge in [-0.15, -0.1) is 11.6 Å². The quantitative estimate of drug-likeness (QED) is 0.779. The van der Waals surface area contributed by atoms with E-state index in [1.54, 1.807) is 12.1 Å². The van der Waals surface area contributed by atoms with E-state index in [1.807, 2.05) is 6.92 Å². The van der Waals surface area contributed by atoms with Crippen LogP contribution in [0.25, 0.3) is 0 Å². The van der Waals surface area contributed by atoms with Crippen molar-refractivity contribution in [3.05, 3.63) is 29.6 Å². The molecule has 1 N–H and O–H groups in total. The highest BCUT2D eigenvalue weighted by molar-refractivity contribution is 6.18. The van der Waals surface area contributed by atoms with Crippen LogP contribution in [0.2, 0.25) is 0 Å². The third-order valence-corrected chi connectivity index (χ3v) is 2.86. The molecule has 0 aliphatic rings.